The molecule has 1 saturated heterocycles. The van der Waals surface area contributed by atoms with Crippen LogP contribution in [0.2, 0.25) is 0 Å². The summed E-state index contributed by atoms with van der Waals surface area (Å²) in [4.78, 5) is 27.7. The van der Waals surface area contributed by atoms with Gasteiger partial charge >= 0.3 is 5.97 Å². The molecule has 5 nitrogen and oxygen atoms in total. The van der Waals surface area contributed by atoms with Crippen molar-refractivity contribution < 1.29 is 14.7 Å². The van der Waals surface area contributed by atoms with Gasteiger partial charge in [0.05, 0.1) is 5.56 Å². The standard InChI is InChI=1S/C19H28N2O3/c1-13(2)9-18(22)21-14(3)10-20(11-15(21)4)12-16-5-7-17(8-6-16)19(23)24/h5-8,13-15H,9-12H2,1-4H3,(H,23,24)/t14-,15+. The Labute approximate surface area is 144 Å². The van der Waals surface area contributed by atoms with Crippen molar-refractivity contribution in [3.63, 3.8) is 0 Å². The highest BCUT2D eigenvalue weighted by molar-refractivity contribution is 5.87. The number of aromatic carboxylic acids is 1. The number of carboxylic acid groups (broad SMARTS) is 1. The third kappa shape index (κ3) is 4.57. The molecule has 132 valence electrons. The molecule has 1 amide bonds. The number of benzene rings is 1. The number of hydrogen-bond acceptors (Lipinski definition) is 3. The molecule has 2 atom stereocenters. The number of piperazine rings is 1. The number of carbonyl (C=O) groups excluding carboxylic acids is 1. The van der Waals surface area contributed by atoms with Crippen molar-refractivity contribution in [2.24, 2.45) is 5.92 Å². The Morgan fingerprint density at radius 3 is 2.12 bits per heavy atom. The van der Waals surface area contributed by atoms with E-state index in [1.807, 2.05) is 17.0 Å². The van der Waals surface area contributed by atoms with Gasteiger partial charge < -0.3 is 10.0 Å². The fourth-order valence-corrected chi connectivity index (χ4v) is 3.52. The molecule has 0 saturated carbocycles. The van der Waals surface area contributed by atoms with Crippen LogP contribution < -0.4 is 0 Å². The lowest BCUT2D eigenvalue weighted by Gasteiger charge is -2.45. The maximum absolute atomic E-state index is 12.4. The number of amides is 1. The second kappa shape index (κ2) is 7.79. The molecule has 5 heteroatoms. The Morgan fingerprint density at radius 2 is 1.67 bits per heavy atom. The molecule has 0 radical (unpaired) electrons. The molecule has 1 N–H and O–H groups in total. The van der Waals surface area contributed by atoms with Crippen molar-refractivity contribution in [2.75, 3.05) is 13.1 Å². The molecule has 0 aromatic heterocycles. The molecule has 2 rings (SSSR count). The molecule has 1 aromatic carbocycles. The number of nitrogens with zero attached hydrogens (tertiary/aromatic N) is 2. The number of carboxylic acids is 1. The van der Waals surface area contributed by atoms with Gasteiger partial charge in [-0.05, 0) is 37.5 Å². The first-order chi connectivity index (χ1) is 11.3. The zero-order valence-electron chi connectivity index (χ0n) is 15.0. The van der Waals surface area contributed by atoms with Crippen molar-refractivity contribution in [3.8, 4) is 0 Å². The van der Waals surface area contributed by atoms with Crippen molar-refractivity contribution in [2.45, 2.75) is 52.7 Å². The molecule has 1 fully saturated rings. The van der Waals surface area contributed by atoms with E-state index >= 15 is 0 Å². The minimum absolute atomic E-state index is 0.193. The third-order valence-corrected chi connectivity index (χ3v) is 4.47. The highest BCUT2D eigenvalue weighted by atomic mass is 16.4. The summed E-state index contributed by atoms with van der Waals surface area (Å²) in [5.74, 6) is -0.279. The first-order valence-corrected chi connectivity index (χ1v) is 8.63. The highest BCUT2D eigenvalue weighted by Crippen LogP contribution is 2.20. The van der Waals surface area contributed by atoms with Gasteiger partial charge in [-0.1, -0.05) is 26.0 Å². The molecule has 0 aliphatic carbocycles. The van der Waals surface area contributed by atoms with E-state index in [0.29, 0.717) is 17.9 Å². The SMILES string of the molecule is CC(C)CC(=O)N1[C@H](C)CN(Cc2ccc(C(=O)O)cc2)C[C@@H]1C. The Morgan fingerprint density at radius 1 is 1.12 bits per heavy atom. The van der Waals surface area contributed by atoms with Crippen LogP contribution in [0.25, 0.3) is 0 Å². The highest BCUT2D eigenvalue weighted by Gasteiger charge is 2.32. The van der Waals surface area contributed by atoms with Crippen LogP contribution >= 0.6 is 0 Å². The summed E-state index contributed by atoms with van der Waals surface area (Å²) in [6, 6.07) is 7.42. The van der Waals surface area contributed by atoms with Gasteiger partial charge in [0.2, 0.25) is 5.91 Å². The van der Waals surface area contributed by atoms with E-state index in [4.69, 9.17) is 5.11 Å². The van der Waals surface area contributed by atoms with Crippen LogP contribution in [-0.2, 0) is 11.3 Å². The summed E-state index contributed by atoms with van der Waals surface area (Å²) >= 11 is 0. The summed E-state index contributed by atoms with van der Waals surface area (Å²) < 4.78 is 0. The van der Waals surface area contributed by atoms with Gasteiger partial charge in [-0.2, -0.15) is 0 Å². The molecule has 24 heavy (non-hydrogen) atoms. The molecular formula is C19H28N2O3. The average Bonchev–Trinajstić information content (AvgIpc) is 2.46. The zero-order chi connectivity index (χ0) is 17.9. The van der Waals surface area contributed by atoms with E-state index < -0.39 is 5.97 Å². The van der Waals surface area contributed by atoms with Gasteiger partial charge in [-0.25, -0.2) is 4.79 Å². The van der Waals surface area contributed by atoms with Crippen LogP contribution in [0.3, 0.4) is 0 Å². The topological polar surface area (TPSA) is 60.9 Å². The largest absolute Gasteiger partial charge is 0.478 e. The van der Waals surface area contributed by atoms with Crippen molar-refractivity contribution in [3.05, 3.63) is 35.4 Å². The van der Waals surface area contributed by atoms with E-state index in [-0.39, 0.29) is 18.0 Å². The van der Waals surface area contributed by atoms with Gasteiger partial charge in [0.15, 0.2) is 0 Å². The van der Waals surface area contributed by atoms with E-state index in [1.165, 1.54) is 0 Å². The van der Waals surface area contributed by atoms with Crippen molar-refractivity contribution >= 4 is 11.9 Å². The van der Waals surface area contributed by atoms with Crippen molar-refractivity contribution in [1.82, 2.24) is 9.80 Å². The molecule has 1 heterocycles. The maximum Gasteiger partial charge on any atom is 0.335 e. The van der Waals surface area contributed by atoms with Gasteiger partial charge in [-0.3, -0.25) is 9.69 Å². The summed E-state index contributed by atoms with van der Waals surface area (Å²) in [6.07, 6.45) is 0.603. The van der Waals surface area contributed by atoms with Crippen molar-refractivity contribution in [1.29, 1.82) is 0 Å². The first-order valence-electron chi connectivity index (χ1n) is 8.63. The predicted molar refractivity (Wildman–Crippen MR) is 93.9 cm³/mol. The smallest absolute Gasteiger partial charge is 0.335 e. The number of carbonyl (C=O) groups is 2. The van der Waals surface area contributed by atoms with Gasteiger partial charge in [0.25, 0.3) is 0 Å². The monoisotopic (exact) mass is 332 g/mol. The van der Waals surface area contributed by atoms with Gasteiger partial charge in [0, 0.05) is 38.1 Å². The lowest BCUT2D eigenvalue weighted by molar-refractivity contribution is -0.140. The Kier molecular flexibility index (Phi) is 5.99. The van der Waals surface area contributed by atoms with Crippen LogP contribution in [0.4, 0.5) is 0 Å². The molecule has 0 bridgehead atoms. The molecular weight excluding hydrogens is 304 g/mol. The van der Waals surface area contributed by atoms with Crippen LogP contribution in [-0.4, -0.2) is 52.0 Å². The summed E-state index contributed by atoms with van der Waals surface area (Å²) in [5, 5.41) is 8.96. The maximum atomic E-state index is 12.4. The third-order valence-electron chi connectivity index (χ3n) is 4.47. The second-order valence-electron chi connectivity index (χ2n) is 7.29. The van der Waals surface area contributed by atoms with E-state index in [1.54, 1.807) is 12.1 Å². The molecule has 0 spiro atoms. The lowest BCUT2D eigenvalue weighted by atomic mass is 10.0. The second-order valence-corrected chi connectivity index (χ2v) is 7.29. The lowest BCUT2D eigenvalue weighted by Crippen LogP contribution is -2.58. The Bertz CT molecular complexity index is 571. The molecule has 1 aliphatic rings. The first kappa shape index (κ1) is 18.5. The molecule has 1 aliphatic heterocycles. The van der Waals surface area contributed by atoms with Gasteiger partial charge in [-0.15, -0.1) is 0 Å². The quantitative estimate of drug-likeness (QED) is 0.901. The zero-order valence-corrected chi connectivity index (χ0v) is 15.0. The Balaban J connectivity index is 1.98. The van der Waals surface area contributed by atoms with E-state index in [2.05, 4.69) is 32.6 Å². The summed E-state index contributed by atoms with van der Waals surface area (Å²) in [5.41, 5.74) is 1.41. The Hall–Kier alpha value is -1.88. The van der Waals surface area contributed by atoms with Gasteiger partial charge in [0.1, 0.15) is 0 Å². The summed E-state index contributed by atoms with van der Waals surface area (Å²) in [6.45, 7) is 10.8. The van der Waals surface area contributed by atoms with Crippen LogP contribution in [0.1, 0.15) is 50.0 Å². The van der Waals surface area contributed by atoms with Crippen LogP contribution in [0.5, 0.6) is 0 Å². The normalized spacial score (nSPS) is 22.0. The molecule has 0 unspecified atom stereocenters. The number of rotatable bonds is 5. The fourth-order valence-electron chi connectivity index (χ4n) is 3.52. The number of hydrogen-bond donors (Lipinski definition) is 1. The minimum atomic E-state index is -0.902. The van der Waals surface area contributed by atoms with E-state index in [9.17, 15) is 9.59 Å². The van der Waals surface area contributed by atoms with Crippen LogP contribution in [0.15, 0.2) is 24.3 Å². The molecule has 1 aromatic rings. The fraction of sp³-hybridized carbons (Fsp3) is 0.579. The van der Waals surface area contributed by atoms with Crippen LogP contribution in [0, 0.1) is 5.92 Å². The van der Waals surface area contributed by atoms with E-state index in [0.717, 1.165) is 25.2 Å². The summed E-state index contributed by atoms with van der Waals surface area (Å²) in [7, 11) is 0. The predicted octanol–water partition coefficient (Wildman–Crippen LogP) is 2.85. The average molecular weight is 332 g/mol. The minimum Gasteiger partial charge on any atom is -0.478 e.